The van der Waals surface area contributed by atoms with E-state index < -0.39 is 5.97 Å². The number of carbonyl (C=O) groups is 1. The molecule has 4 aromatic carbocycles. The van der Waals surface area contributed by atoms with Crippen molar-refractivity contribution in [1.29, 1.82) is 0 Å². The van der Waals surface area contributed by atoms with Crippen molar-refractivity contribution in [2.24, 2.45) is 7.05 Å². The zero-order chi connectivity index (χ0) is 30.5. The number of aromatic nitrogens is 3. The van der Waals surface area contributed by atoms with Gasteiger partial charge in [-0.25, -0.2) is 4.79 Å². The highest BCUT2D eigenvalue weighted by molar-refractivity contribution is 5.79. The highest BCUT2D eigenvalue weighted by atomic mass is 16.5. The van der Waals surface area contributed by atoms with Gasteiger partial charge < -0.3 is 14.6 Å². The maximum absolute atomic E-state index is 13.7. The Morgan fingerprint density at radius 1 is 0.705 bits per heavy atom. The molecule has 2 aromatic heterocycles. The standard InChI is InChI=1S/C36H31N3O5/c1-38-32-21-29(20-25-12-14-26(15-13-25)22-34(40)41)16-17-30(32)39(36(38)42)31-18-19-33(43-23-27-8-4-2-5-9-27)37-35(31)44-24-28-10-6-3-7-11-28/h2-19,21H,20,22-24H2,1H3,(H,40,41). The van der Waals surface area contributed by atoms with Crippen LogP contribution >= 0.6 is 0 Å². The van der Waals surface area contributed by atoms with E-state index in [-0.39, 0.29) is 18.7 Å². The first-order valence-corrected chi connectivity index (χ1v) is 14.3. The van der Waals surface area contributed by atoms with Crippen molar-refractivity contribution in [2.45, 2.75) is 26.1 Å². The molecule has 0 bridgehead atoms. The number of ether oxygens (including phenoxy) is 2. The lowest BCUT2D eigenvalue weighted by molar-refractivity contribution is -0.136. The van der Waals surface area contributed by atoms with Crippen LogP contribution in [0.15, 0.2) is 120 Å². The van der Waals surface area contributed by atoms with Crippen LogP contribution in [0, 0.1) is 0 Å². The van der Waals surface area contributed by atoms with E-state index in [1.54, 1.807) is 28.3 Å². The van der Waals surface area contributed by atoms with Gasteiger partial charge in [-0.05, 0) is 52.4 Å². The predicted octanol–water partition coefficient (Wildman–Crippen LogP) is 6.10. The first-order valence-electron chi connectivity index (χ1n) is 14.3. The molecule has 0 fully saturated rings. The van der Waals surface area contributed by atoms with Crippen LogP contribution in [0.1, 0.15) is 27.8 Å². The Hall–Kier alpha value is -5.63. The summed E-state index contributed by atoms with van der Waals surface area (Å²) in [6.45, 7) is 0.627. The molecule has 1 N–H and O–H groups in total. The average molecular weight is 586 g/mol. The van der Waals surface area contributed by atoms with E-state index in [0.717, 1.165) is 38.9 Å². The number of carboxylic acid groups (broad SMARTS) is 1. The normalized spacial score (nSPS) is 11.0. The van der Waals surface area contributed by atoms with Crippen molar-refractivity contribution in [3.63, 3.8) is 0 Å². The zero-order valence-corrected chi connectivity index (χ0v) is 24.2. The number of aliphatic carboxylic acids is 1. The molecule has 0 saturated heterocycles. The number of imidazole rings is 1. The molecule has 44 heavy (non-hydrogen) atoms. The number of pyridine rings is 1. The minimum Gasteiger partial charge on any atom is -0.481 e. The molecule has 2 heterocycles. The zero-order valence-electron chi connectivity index (χ0n) is 24.2. The number of hydrogen-bond donors (Lipinski definition) is 1. The Balaban J connectivity index is 1.32. The van der Waals surface area contributed by atoms with E-state index in [9.17, 15) is 9.59 Å². The lowest BCUT2D eigenvalue weighted by atomic mass is 10.0. The van der Waals surface area contributed by atoms with Crippen molar-refractivity contribution >= 4 is 17.0 Å². The molecule has 6 rings (SSSR count). The number of aryl methyl sites for hydroxylation is 1. The third-order valence-electron chi connectivity index (χ3n) is 7.41. The second-order valence-corrected chi connectivity index (χ2v) is 10.6. The topological polar surface area (TPSA) is 95.6 Å². The summed E-state index contributed by atoms with van der Waals surface area (Å²) in [7, 11) is 1.75. The summed E-state index contributed by atoms with van der Waals surface area (Å²) in [6, 6.07) is 36.7. The number of carboxylic acids is 1. The molecule has 6 aromatic rings. The molecule has 220 valence electrons. The fourth-order valence-electron chi connectivity index (χ4n) is 5.14. The molecule has 0 spiro atoms. The Bertz CT molecular complexity index is 1960. The van der Waals surface area contributed by atoms with E-state index >= 15 is 0 Å². The summed E-state index contributed by atoms with van der Waals surface area (Å²) in [4.78, 5) is 29.4. The predicted molar refractivity (Wildman–Crippen MR) is 168 cm³/mol. The third-order valence-corrected chi connectivity index (χ3v) is 7.41. The van der Waals surface area contributed by atoms with Crippen LogP contribution in [-0.4, -0.2) is 25.2 Å². The highest BCUT2D eigenvalue weighted by Gasteiger charge is 2.19. The van der Waals surface area contributed by atoms with E-state index in [1.807, 2.05) is 103 Å². The molecule has 0 saturated carbocycles. The van der Waals surface area contributed by atoms with Gasteiger partial charge in [0.15, 0.2) is 0 Å². The van der Waals surface area contributed by atoms with Gasteiger partial charge in [-0.3, -0.25) is 13.9 Å². The molecule has 0 aliphatic rings. The molecule has 0 aliphatic heterocycles. The lowest BCUT2D eigenvalue weighted by Gasteiger charge is -2.14. The van der Waals surface area contributed by atoms with Crippen LogP contribution in [-0.2, 0) is 37.9 Å². The van der Waals surface area contributed by atoms with E-state index in [0.29, 0.717) is 30.5 Å². The van der Waals surface area contributed by atoms with Gasteiger partial charge in [0.2, 0.25) is 11.8 Å². The maximum atomic E-state index is 13.7. The summed E-state index contributed by atoms with van der Waals surface area (Å²) < 4.78 is 15.4. The fourth-order valence-corrected chi connectivity index (χ4v) is 5.14. The number of benzene rings is 4. The second-order valence-electron chi connectivity index (χ2n) is 10.6. The summed E-state index contributed by atoms with van der Waals surface area (Å²) in [6.07, 6.45) is 0.636. The van der Waals surface area contributed by atoms with Gasteiger partial charge in [-0.2, -0.15) is 4.98 Å². The fraction of sp³-hybridized carbons (Fsp3) is 0.139. The summed E-state index contributed by atoms with van der Waals surface area (Å²) >= 11 is 0. The molecule has 0 radical (unpaired) electrons. The monoisotopic (exact) mass is 585 g/mol. The molecule has 8 heteroatoms. The van der Waals surface area contributed by atoms with Crippen LogP contribution in [0.4, 0.5) is 0 Å². The minimum atomic E-state index is -0.855. The lowest BCUT2D eigenvalue weighted by Crippen LogP contribution is -2.21. The van der Waals surface area contributed by atoms with Gasteiger partial charge in [0.1, 0.15) is 18.9 Å². The first kappa shape index (κ1) is 28.5. The number of rotatable bonds is 11. The molecule has 0 aliphatic carbocycles. The number of nitrogens with zero attached hydrogens (tertiary/aromatic N) is 3. The van der Waals surface area contributed by atoms with E-state index in [4.69, 9.17) is 14.6 Å². The van der Waals surface area contributed by atoms with Crippen molar-refractivity contribution in [3.8, 4) is 17.4 Å². The van der Waals surface area contributed by atoms with Crippen LogP contribution < -0.4 is 15.2 Å². The summed E-state index contributed by atoms with van der Waals surface area (Å²) in [5.41, 5.74) is 6.62. The largest absolute Gasteiger partial charge is 0.481 e. The Kier molecular flexibility index (Phi) is 8.23. The van der Waals surface area contributed by atoms with Crippen LogP contribution in [0.25, 0.3) is 16.7 Å². The Morgan fingerprint density at radius 2 is 1.32 bits per heavy atom. The molecule has 0 amide bonds. The van der Waals surface area contributed by atoms with Gasteiger partial charge in [0, 0.05) is 13.1 Å². The van der Waals surface area contributed by atoms with Crippen LogP contribution in [0.5, 0.6) is 11.8 Å². The van der Waals surface area contributed by atoms with Gasteiger partial charge in [-0.15, -0.1) is 0 Å². The second kappa shape index (κ2) is 12.7. The summed E-state index contributed by atoms with van der Waals surface area (Å²) in [5, 5.41) is 9.04. The Labute approximate surface area is 254 Å². The maximum Gasteiger partial charge on any atom is 0.333 e. The van der Waals surface area contributed by atoms with Crippen LogP contribution in [0.3, 0.4) is 0 Å². The Morgan fingerprint density at radius 3 is 1.98 bits per heavy atom. The third kappa shape index (κ3) is 6.39. The van der Waals surface area contributed by atoms with Crippen molar-refractivity contribution < 1.29 is 19.4 Å². The van der Waals surface area contributed by atoms with Gasteiger partial charge in [0.05, 0.1) is 17.5 Å². The quantitative estimate of drug-likeness (QED) is 0.197. The van der Waals surface area contributed by atoms with Crippen molar-refractivity contribution in [2.75, 3.05) is 0 Å². The highest BCUT2D eigenvalue weighted by Crippen LogP contribution is 2.28. The molecule has 8 nitrogen and oxygen atoms in total. The van der Waals surface area contributed by atoms with E-state index in [1.165, 1.54) is 0 Å². The number of fused-ring (bicyclic) bond motifs is 1. The molecular weight excluding hydrogens is 554 g/mol. The molecule has 0 unspecified atom stereocenters. The van der Waals surface area contributed by atoms with Crippen molar-refractivity contribution in [1.82, 2.24) is 14.1 Å². The van der Waals surface area contributed by atoms with Gasteiger partial charge >= 0.3 is 11.7 Å². The number of hydrogen-bond acceptors (Lipinski definition) is 5. The van der Waals surface area contributed by atoms with Crippen molar-refractivity contribution in [3.05, 3.63) is 154 Å². The molecular formula is C36H31N3O5. The SMILES string of the molecule is Cn1c(=O)n(-c2ccc(OCc3ccccc3)nc2OCc2ccccc2)c2ccc(Cc3ccc(CC(=O)O)cc3)cc21. The van der Waals surface area contributed by atoms with Gasteiger partial charge in [0.25, 0.3) is 0 Å². The van der Waals surface area contributed by atoms with E-state index in [2.05, 4.69) is 4.98 Å². The smallest absolute Gasteiger partial charge is 0.333 e. The van der Waals surface area contributed by atoms with Gasteiger partial charge in [-0.1, -0.05) is 91.0 Å². The first-order chi connectivity index (χ1) is 21.4. The van der Waals surface area contributed by atoms with Crippen LogP contribution in [0.2, 0.25) is 0 Å². The molecule has 0 atom stereocenters. The average Bonchev–Trinajstić information content (AvgIpc) is 3.29. The minimum absolute atomic E-state index is 0.00605. The summed E-state index contributed by atoms with van der Waals surface area (Å²) in [5.74, 6) is -0.169.